The molecule has 2 heteroatoms. The Bertz CT molecular complexity index is 198. The van der Waals surface area contributed by atoms with Crippen LogP contribution in [0, 0.1) is 6.54 Å². The van der Waals surface area contributed by atoms with E-state index in [4.69, 9.17) is 0 Å². The summed E-state index contributed by atoms with van der Waals surface area (Å²) in [6, 6.07) is 0. The van der Waals surface area contributed by atoms with Crippen molar-refractivity contribution in [2.75, 3.05) is 6.54 Å². The van der Waals surface area contributed by atoms with Crippen LogP contribution in [0.3, 0.4) is 0 Å². The Morgan fingerprint density at radius 3 is 3.33 bits per heavy atom. The highest BCUT2D eigenvalue weighted by Crippen LogP contribution is 2.10. The van der Waals surface area contributed by atoms with Gasteiger partial charge >= 0.3 is 0 Å². The van der Waals surface area contributed by atoms with Crippen molar-refractivity contribution in [2.45, 2.75) is 0 Å². The van der Waals surface area contributed by atoms with Crippen LogP contribution in [-0.2, 0) is 0 Å². The fourth-order valence-corrected chi connectivity index (χ4v) is 0.958. The van der Waals surface area contributed by atoms with Crippen molar-refractivity contribution in [2.24, 2.45) is 4.99 Å². The van der Waals surface area contributed by atoms with Gasteiger partial charge in [0.2, 0.25) is 0 Å². The summed E-state index contributed by atoms with van der Waals surface area (Å²) in [5, 5.41) is 0. The predicted octanol–water partition coefficient (Wildman–Crippen LogP) is 0.946. The minimum Gasteiger partial charge on any atom is -0.326 e. The summed E-state index contributed by atoms with van der Waals surface area (Å²) in [4.78, 5) is 6.23. The van der Waals surface area contributed by atoms with Gasteiger partial charge in [0.05, 0.1) is 13.1 Å². The molecule has 0 atom stereocenters. The van der Waals surface area contributed by atoms with E-state index in [1.807, 2.05) is 29.3 Å². The van der Waals surface area contributed by atoms with Gasteiger partial charge in [0.15, 0.2) is 0 Å². The number of fused-ring (bicyclic) bond motifs is 1. The molecule has 0 unspecified atom stereocenters. The third-order valence-corrected chi connectivity index (χ3v) is 1.40. The summed E-state index contributed by atoms with van der Waals surface area (Å²) in [7, 11) is 0. The van der Waals surface area contributed by atoms with Gasteiger partial charge in [0, 0.05) is 6.20 Å². The number of amidine groups is 1. The Morgan fingerprint density at radius 1 is 1.44 bits per heavy atom. The second kappa shape index (κ2) is 1.72. The monoisotopic (exact) mass is 119 g/mol. The second-order valence-corrected chi connectivity index (χ2v) is 1.99. The summed E-state index contributed by atoms with van der Waals surface area (Å²) in [5.41, 5.74) is 0. The maximum atomic E-state index is 4.21. The van der Waals surface area contributed by atoms with Crippen molar-refractivity contribution >= 4 is 5.84 Å². The van der Waals surface area contributed by atoms with Crippen molar-refractivity contribution in [3.8, 4) is 0 Å². The minimum absolute atomic E-state index is 0.823. The molecular weight excluding hydrogens is 112 g/mol. The standard InChI is InChI=1S/C7H7N2/c1-2-5-9-6-4-8-7(9)3-1/h1-3,5-6H,4H2. The number of hydrogen-bond acceptors (Lipinski definition) is 2. The molecule has 2 aliphatic heterocycles. The second-order valence-electron chi connectivity index (χ2n) is 1.99. The lowest BCUT2D eigenvalue weighted by Gasteiger charge is -2.13. The van der Waals surface area contributed by atoms with Crippen LogP contribution in [0.2, 0.25) is 0 Å². The first-order chi connectivity index (χ1) is 4.47. The summed E-state index contributed by atoms with van der Waals surface area (Å²) in [6.07, 6.45) is 8.00. The summed E-state index contributed by atoms with van der Waals surface area (Å²) in [6.45, 7) is 2.87. The van der Waals surface area contributed by atoms with Gasteiger partial charge in [-0.3, -0.25) is 4.99 Å². The number of allylic oxidation sites excluding steroid dienone is 2. The van der Waals surface area contributed by atoms with Gasteiger partial charge in [0.25, 0.3) is 0 Å². The summed E-state index contributed by atoms with van der Waals surface area (Å²) in [5.74, 6) is 1.05. The van der Waals surface area contributed by atoms with Crippen LogP contribution in [0.15, 0.2) is 29.4 Å². The number of hydrogen-bond donors (Lipinski definition) is 0. The minimum atomic E-state index is 0.823. The third kappa shape index (κ3) is 0.669. The van der Waals surface area contributed by atoms with E-state index in [1.54, 1.807) is 0 Å². The lowest BCUT2D eigenvalue weighted by molar-refractivity contribution is 0.704. The van der Waals surface area contributed by atoms with Crippen molar-refractivity contribution in [1.82, 2.24) is 4.90 Å². The van der Waals surface area contributed by atoms with Gasteiger partial charge in [0.1, 0.15) is 5.84 Å². The fourth-order valence-electron chi connectivity index (χ4n) is 0.958. The highest BCUT2D eigenvalue weighted by Gasteiger charge is 2.12. The molecule has 0 aromatic carbocycles. The van der Waals surface area contributed by atoms with E-state index in [-0.39, 0.29) is 0 Å². The van der Waals surface area contributed by atoms with Gasteiger partial charge in [-0.25, -0.2) is 0 Å². The molecule has 0 bridgehead atoms. The van der Waals surface area contributed by atoms with Crippen molar-refractivity contribution < 1.29 is 0 Å². The molecule has 0 saturated heterocycles. The van der Waals surface area contributed by atoms with E-state index < -0.39 is 0 Å². The topological polar surface area (TPSA) is 15.6 Å². The van der Waals surface area contributed by atoms with E-state index in [9.17, 15) is 0 Å². The van der Waals surface area contributed by atoms with Crippen LogP contribution in [-0.4, -0.2) is 17.3 Å². The molecule has 1 radical (unpaired) electrons. The van der Waals surface area contributed by atoms with Crippen molar-refractivity contribution in [1.29, 1.82) is 0 Å². The highest BCUT2D eigenvalue weighted by atomic mass is 15.2. The van der Waals surface area contributed by atoms with Gasteiger partial charge in [-0.15, -0.1) is 0 Å². The quantitative estimate of drug-likeness (QED) is 0.463. The van der Waals surface area contributed by atoms with E-state index in [0.29, 0.717) is 0 Å². The molecular formula is C7H7N2. The van der Waals surface area contributed by atoms with Gasteiger partial charge < -0.3 is 4.90 Å². The van der Waals surface area contributed by atoms with Crippen LogP contribution < -0.4 is 0 Å². The molecule has 2 heterocycles. The molecule has 2 rings (SSSR count). The molecule has 0 spiro atoms. The molecule has 2 aliphatic rings. The molecule has 2 nitrogen and oxygen atoms in total. The summed E-state index contributed by atoms with van der Waals surface area (Å²) >= 11 is 0. The van der Waals surface area contributed by atoms with Crippen LogP contribution >= 0.6 is 0 Å². The van der Waals surface area contributed by atoms with E-state index in [0.717, 1.165) is 12.4 Å². The third-order valence-electron chi connectivity index (χ3n) is 1.40. The van der Waals surface area contributed by atoms with Crippen LogP contribution in [0.5, 0.6) is 0 Å². The molecule has 0 saturated carbocycles. The van der Waals surface area contributed by atoms with Gasteiger partial charge in [-0.2, -0.15) is 0 Å². The smallest absolute Gasteiger partial charge is 0.127 e. The van der Waals surface area contributed by atoms with E-state index >= 15 is 0 Å². The number of nitrogens with zero attached hydrogens (tertiary/aromatic N) is 2. The SMILES string of the molecule is [CH]1CN=C2C=CC=CN12. The first-order valence-electron chi connectivity index (χ1n) is 2.98. The largest absolute Gasteiger partial charge is 0.326 e. The molecule has 9 heavy (non-hydrogen) atoms. The van der Waals surface area contributed by atoms with E-state index in [2.05, 4.69) is 11.5 Å². The maximum Gasteiger partial charge on any atom is 0.127 e. The lowest BCUT2D eigenvalue weighted by atomic mass is 10.3. The average Bonchev–Trinajstić information content (AvgIpc) is 2.33. The zero-order valence-electron chi connectivity index (χ0n) is 4.99. The zero-order chi connectivity index (χ0) is 6.10. The molecule has 0 aromatic heterocycles. The first kappa shape index (κ1) is 4.79. The van der Waals surface area contributed by atoms with E-state index in [1.165, 1.54) is 0 Å². The van der Waals surface area contributed by atoms with Gasteiger partial charge in [-0.05, 0) is 12.2 Å². The van der Waals surface area contributed by atoms with Crippen molar-refractivity contribution in [3.05, 3.63) is 31.0 Å². The zero-order valence-corrected chi connectivity index (χ0v) is 4.99. The maximum absolute atomic E-state index is 4.21. The Labute approximate surface area is 54.2 Å². The number of rotatable bonds is 0. The highest BCUT2D eigenvalue weighted by molar-refractivity contribution is 5.96. The molecule has 0 aromatic rings. The molecule has 0 N–H and O–H groups in total. The first-order valence-corrected chi connectivity index (χ1v) is 2.98. The fraction of sp³-hybridized carbons (Fsp3) is 0.143. The van der Waals surface area contributed by atoms with Crippen LogP contribution in [0.1, 0.15) is 0 Å². The molecule has 0 aliphatic carbocycles. The van der Waals surface area contributed by atoms with Gasteiger partial charge in [-0.1, -0.05) is 6.08 Å². The Hall–Kier alpha value is -1.05. The normalized spacial score (nSPS) is 22.2. The predicted molar refractivity (Wildman–Crippen MR) is 36.7 cm³/mol. The molecule has 45 valence electrons. The Balaban J connectivity index is 2.33. The molecule has 0 fully saturated rings. The Morgan fingerprint density at radius 2 is 2.44 bits per heavy atom. The average molecular weight is 119 g/mol. The van der Waals surface area contributed by atoms with Crippen molar-refractivity contribution in [3.63, 3.8) is 0 Å². The number of aliphatic imine (C=N–C) groups is 1. The molecule has 0 amide bonds. The van der Waals surface area contributed by atoms with Crippen LogP contribution in [0.25, 0.3) is 0 Å². The summed E-state index contributed by atoms with van der Waals surface area (Å²) < 4.78 is 0. The van der Waals surface area contributed by atoms with Crippen LogP contribution in [0.4, 0.5) is 0 Å². The Kier molecular flexibility index (Phi) is 0.918. The lowest BCUT2D eigenvalue weighted by Crippen LogP contribution is -2.17.